The van der Waals surface area contributed by atoms with Crippen LogP contribution in [0.4, 0.5) is 10.2 Å². The van der Waals surface area contributed by atoms with E-state index in [9.17, 15) is 9.18 Å². The molecule has 0 bridgehead atoms. The lowest BCUT2D eigenvalue weighted by Gasteiger charge is -2.36. The van der Waals surface area contributed by atoms with Crippen molar-refractivity contribution in [3.8, 4) is 5.75 Å². The van der Waals surface area contributed by atoms with Crippen molar-refractivity contribution in [1.82, 2.24) is 14.8 Å². The number of benzene rings is 1. The fourth-order valence-corrected chi connectivity index (χ4v) is 4.80. The predicted molar refractivity (Wildman–Crippen MR) is 123 cm³/mol. The zero-order chi connectivity index (χ0) is 22.3. The van der Waals surface area contributed by atoms with E-state index in [-0.39, 0.29) is 11.7 Å². The number of ether oxygens (including phenoxy) is 1. The molecule has 172 valence electrons. The standard InChI is InChI=1S/C25H33FN4O2/c1-32-23-17-21(7-9-22(23)26)19-28-12-4-5-20(18-28)8-10-25(31)30-15-13-29(14-16-30)24-6-2-3-11-27-24/h2-3,6-7,9,11,17,20H,4-5,8,10,12-16,18-19H2,1H3/t20-/m1/s1. The van der Waals surface area contributed by atoms with Gasteiger partial charge >= 0.3 is 0 Å². The molecule has 0 spiro atoms. The summed E-state index contributed by atoms with van der Waals surface area (Å²) in [4.78, 5) is 23.9. The van der Waals surface area contributed by atoms with Crippen LogP contribution in [0.1, 0.15) is 31.2 Å². The van der Waals surface area contributed by atoms with Crippen LogP contribution in [0.3, 0.4) is 0 Å². The Bertz CT molecular complexity index is 887. The maximum Gasteiger partial charge on any atom is 0.222 e. The van der Waals surface area contributed by atoms with Gasteiger partial charge in [0.2, 0.25) is 5.91 Å². The first-order valence-corrected chi connectivity index (χ1v) is 11.6. The molecule has 0 aliphatic carbocycles. The van der Waals surface area contributed by atoms with Crippen molar-refractivity contribution < 1.29 is 13.9 Å². The Morgan fingerprint density at radius 1 is 1.16 bits per heavy atom. The van der Waals surface area contributed by atoms with Gasteiger partial charge in [0.25, 0.3) is 0 Å². The lowest BCUT2D eigenvalue weighted by Crippen LogP contribution is -2.49. The maximum absolute atomic E-state index is 13.7. The summed E-state index contributed by atoms with van der Waals surface area (Å²) in [5.41, 5.74) is 1.06. The molecular weight excluding hydrogens is 407 g/mol. The van der Waals surface area contributed by atoms with Gasteiger partial charge in [-0.15, -0.1) is 0 Å². The van der Waals surface area contributed by atoms with Crippen molar-refractivity contribution in [3.63, 3.8) is 0 Å². The Balaban J connectivity index is 1.21. The number of piperazine rings is 1. The number of piperidine rings is 1. The SMILES string of the molecule is COc1cc(CN2CCC[C@H](CCC(=O)N3CCN(c4ccccn4)CC3)C2)ccc1F. The summed E-state index contributed by atoms with van der Waals surface area (Å²) in [5.74, 6) is 1.76. The molecule has 1 aromatic carbocycles. The second kappa shape index (κ2) is 10.8. The molecule has 1 amide bonds. The van der Waals surface area contributed by atoms with Crippen molar-refractivity contribution in [2.75, 3.05) is 51.3 Å². The number of nitrogens with zero attached hydrogens (tertiary/aromatic N) is 4. The highest BCUT2D eigenvalue weighted by atomic mass is 19.1. The normalized spacial score (nSPS) is 19.8. The van der Waals surface area contributed by atoms with E-state index in [0.29, 0.717) is 18.1 Å². The van der Waals surface area contributed by atoms with Crippen LogP contribution in [0.5, 0.6) is 5.75 Å². The number of carbonyl (C=O) groups excluding carboxylic acids is 1. The van der Waals surface area contributed by atoms with Gasteiger partial charge in [0.15, 0.2) is 11.6 Å². The van der Waals surface area contributed by atoms with Gasteiger partial charge < -0.3 is 14.5 Å². The number of aromatic nitrogens is 1. The van der Waals surface area contributed by atoms with Crippen LogP contribution in [-0.2, 0) is 11.3 Å². The maximum atomic E-state index is 13.7. The summed E-state index contributed by atoms with van der Waals surface area (Å²) in [6.45, 7) is 6.01. The molecule has 0 saturated carbocycles. The average Bonchev–Trinajstić information content (AvgIpc) is 2.84. The van der Waals surface area contributed by atoms with E-state index in [1.807, 2.05) is 35.4 Å². The Hall–Kier alpha value is -2.67. The smallest absolute Gasteiger partial charge is 0.222 e. The highest BCUT2D eigenvalue weighted by molar-refractivity contribution is 5.76. The first kappa shape index (κ1) is 22.5. The molecule has 2 aromatic rings. The third kappa shape index (κ3) is 5.76. The zero-order valence-corrected chi connectivity index (χ0v) is 18.9. The highest BCUT2D eigenvalue weighted by Gasteiger charge is 2.25. The van der Waals surface area contributed by atoms with Gasteiger partial charge in [-0.25, -0.2) is 9.37 Å². The number of rotatable bonds is 7. The van der Waals surface area contributed by atoms with Crippen LogP contribution >= 0.6 is 0 Å². The molecule has 2 saturated heterocycles. The molecule has 0 radical (unpaired) electrons. The lowest BCUT2D eigenvalue weighted by molar-refractivity contribution is -0.131. The third-order valence-corrected chi connectivity index (χ3v) is 6.60. The van der Waals surface area contributed by atoms with Crippen molar-refractivity contribution >= 4 is 11.7 Å². The topological polar surface area (TPSA) is 48.9 Å². The molecule has 2 aliphatic rings. The third-order valence-electron chi connectivity index (χ3n) is 6.60. The largest absolute Gasteiger partial charge is 0.494 e. The second-order valence-electron chi connectivity index (χ2n) is 8.81. The fourth-order valence-electron chi connectivity index (χ4n) is 4.80. The summed E-state index contributed by atoms with van der Waals surface area (Å²) >= 11 is 0. The van der Waals surface area contributed by atoms with Crippen LogP contribution in [0.25, 0.3) is 0 Å². The van der Waals surface area contributed by atoms with Gasteiger partial charge in [-0.3, -0.25) is 9.69 Å². The second-order valence-corrected chi connectivity index (χ2v) is 8.81. The molecule has 32 heavy (non-hydrogen) atoms. The van der Waals surface area contributed by atoms with Crippen LogP contribution in [-0.4, -0.2) is 67.1 Å². The molecule has 0 N–H and O–H groups in total. The highest BCUT2D eigenvalue weighted by Crippen LogP contribution is 2.25. The van der Waals surface area contributed by atoms with E-state index in [2.05, 4.69) is 14.8 Å². The van der Waals surface area contributed by atoms with Gasteiger partial charge in [-0.2, -0.15) is 0 Å². The number of methoxy groups -OCH3 is 1. The molecule has 0 unspecified atom stereocenters. The average molecular weight is 441 g/mol. The molecular formula is C25H33FN4O2. The van der Waals surface area contributed by atoms with Crippen molar-refractivity contribution in [3.05, 3.63) is 54.0 Å². The molecule has 2 aliphatic heterocycles. The quantitative estimate of drug-likeness (QED) is 0.659. The number of halogens is 1. The van der Waals surface area contributed by atoms with E-state index in [1.165, 1.54) is 19.6 Å². The number of likely N-dealkylation sites (tertiary alicyclic amines) is 1. The summed E-state index contributed by atoms with van der Waals surface area (Å²) in [6.07, 6.45) is 5.67. The van der Waals surface area contributed by atoms with Gasteiger partial charge in [0, 0.05) is 51.9 Å². The summed E-state index contributed by atoms with van der Waals surface area (Å²) < 4.78 is 18.8. The van der Waals surface area contributed by atoms with Gasteiger partial charge in [-0.05, 0) is 61.6 Å². The van der Waals surface area contributed by atoms with Crippen molar-refractivity contribution in [2.24, 2.45) is 5.92 Å². The Labute approximate surface area is 190 Å². The summed E-state index contributed by atoms with van der Waals surface area (Å²) in [6, 6.07) is 11.0. The van der Waals surface area contributed by atoms with E-state index in [1.54, 1.807) is 6.07 Å². The molecule has 1 aromatic heterocycles. The van der Waals surface area contributed by atoms with Crippen LogP contribution in [0, 0.1) is 11.7 Å². The Morgan fingerprint density at radius 2 is 2.00 bits per heavy atom. The van der Waals surface area contributed by atoms with Gasteiger partial charge in [-0.1, -0.05) is 12.1 Å². The molecule has 2 fully saturated rings. The van der Waals surface area contributed by atoms with Crippen molar-refractivity contribution in [1.29, 1.82) is 0 Å². The Kier molecular flexibility index (Phi) is 7.58. The Morgan fingerprint density at radius 3 is 2.75 bits per heavy atom. The molecule has 3 heterocycles. The fraction of sp³-hybridized carbons (Fsp3) is 0.520. The van der Waals surface area contributed by atoms with E-state index >= 15 is 0 Å². The van der Waals surface area contributed by atoms with E-state index < -0.39 is 0 Å². The minimum Gasteiger partial charge on any atom is -0.494 e. The number of anilines is 1. The first-order valence-electron chi connectivity index (χ1n) is 11.6. The molecule has 7 heteroatoms. The number of pyridine rings is 1. The number of hydrogen-bond acceptors (Lipinski definition) is 5. The van der Waals surface area contributed by atoms with Crippen molar-refractivity contribution in [2.45, 2.75) is 32.2 Å². The van der Waals surface area contributed by atoms with E-state index in [4.69, 9.17) is 4.74 Å². The summed E-state index contributed by atoms with van der Waals surface area (Å²) in [5, 5.41) is 0. The van der Waals surface area contributed by atoms with Gasteiger partial charge in [0.1, 0.15) is 5.82 Å². The lowest BCUT2D eigenvalue weighted by atomic mass is 9.92. The van der Waals surface area contributed by atoms with Crippen LogP contribution < -0.4 is 9.64 Å². The predicted octanol–water partition coefficient (Wildman–Crippen LogP) is 3.57. The number of amides is 1. The van der Waals surface area contributed by atoms with Crippen LogP contribution in [0.15, 0.2) is 42.6 Å². The zero-order valence-electron chi connectivity index (χ0n) is 18.9. The van der Waals surface area contributed by atoms with Gasteiger partial charge in [0.05, 0.1) is 7.11 Å². The summed E-state index contributed by atoms with van der Waals surface area (Å²) in [7, 11) is 1.49. The molecule has 4 rings (SSSR count). The molecule has 1 atom stereocenters. The monoisotopic (exact) mass is 440 g/mol. The minimum atomic E-state index is -0.327. The number of hydrogen-bond donors (Lipinski definition) is 0. The van der Waals surface area contributed by atoms with Crippen LogP contribution in [0.2, 0.25) is 0 Å². The first-order chi connectivity index (χ1) is 15.6. The minimum absolute atomic E-state index is 0.270. The van der Waals surface area contributed by atoms with E-state index in [0.717, 1.165) is 70.0 Å². The number of carbonyl (C=O) groups is 1. The molecule has 6 nitrogen and oxygen atoms in total.